The first-order chi connectivity index (χ1) is 9.30. The van der Waals surface area contributed by atoms with Crippen molar-refractivity contribution in [3.8, 4) is 0 Å². The van der Waals surface area contributed by atoms with Crippen LogP contribution in [-0.4, -0.2) is 31.8 Å². The molecule has 1 aliphatic carbocycles. The first-order valence-electron chi connectivity index (χ1n) is 7.48. The van der Waals surface area contributed by atoms with Gasteiger partial charge in [0, 0.05) is 36.8 Å². The summed E-state index contributed by atoms with van der Waals surface area (Å²) in [5.74, 6) is 0. The van der Waals surface area contributed by atoms with Crippen LogP contribution in [0, 0.1) is 12.3 Å². The van der Waals surface area contributed by atoms with Crippen LogP contribution in [0.4, 0.5) is 5.69 Å². The summed E-state index contributed by atoms with van der Waals surface area (Å²) in [7, 11) is 2.12. The zero-order valence-corrected chi connectivity index (χ0v) is 13.4. The fraction of sp³-hybridized carbons (Fsp3) is 0.647. The highest BCUT2D eigenvalue weighted by Crippen LogP contribution is 2.50. The zero-order chi connectivity index (χ0) is 15.0. The van der Waals surface area contributed by atoms with Crippen molar-refractivity contribution in [3.63, 3.8) is 0 Å². The van der Waals surface area contributed by atoms with E-state index >= 15 is 0 Å². The van der Waals surface area contributed by atoms with Gasteiger partial charge in [0.25, 0.3) is 0 Å². The van der Waals surface area contributed by atoms with Gasteiger partial charge in [-0.3, -0.25) is 0 Å². The number of aryl methyl sites for hydroxylation is 1. The summed E-state index contributed by atoms with van der Waals surface area (Å²) in [6.07, 6.45) is 1.22. The Kier molecular flexibility index (Phi) is 4.12. The Labute approximate surface area is 123 Å². The molecule has 0 radical (unpaired) electrons. The minimum Gasteiger partial charge on any atom is -0.378 e. The lowest BCUT2D eigenvalue weighted by atomic mass is 9.54. The number of hydrogen-bond acceptors (Lipinski definition) is 3. The van der Waals surface area contributed by atoms with Crippen LogP contribution in [0.2, 0.25) is 0 Å². The molecule has 3 heteroatoms. The molecule has 112 valence electrons. The Morgan fingerprint density at radius 3 is 2.65 bits per heavy atom. The molecular weight excluding hydrogens is 248 g/mol. The fourth-order valence-electron chi connectivity index (χ4n) is 3.16. The van der Waals surface area contributed by atoms with Crippen molar-refractivity contribution in [1.82, 2.24) is 0 Å². The number of anilines is 1. The van der Waals surface area contributed by atoms with Crippen LogP contribution in [0.5, 0.6) is 0 Å². The van der Waals surface area contributed by atoms with E-state index in [9.17, 15) is 0 Å². The van der Waals surface area contributed by atoms with E-state index in [-0.39, 0.29) is 17.1 Å². The molecular formula is C17H28N2O. The largest absolute Gasteiger partial charge is 0.378 e. The first kappa shape index (κ1) is 15.3. The van der Waals surface area contributed by atoms with Crippen molar-refractivity contribution in [3.05, 3.63) is 29.8 Å². The number of benzene rings is 1. The lowest BCUT2D eigenvalue weighted by molar-refractivity contribution is -0.145. The summed E-state index contributed by atoms with van der Waals surface area (Å²) in [6.45, 7) is 10.2. The average Bonchev–Trinajstić information content (AvgIpc) is 2.38. The van der Waals surface area contributed by atoms with E-state index < -0.39 is 0 Å². The van der Waals surface area contributed by atoms with Crippen LogP contribution >= 0.6 is 0 Å². The van der Waals surface area contributed by atoms with Crippen molar-refractivity contribution < 1.29 is 4.74 Å². The molecule has 0 spiro atoms. The quantitative estimate of drug-likeness (QED) is 0.898. The maximum atomic E-state index is 6.66. The molecule has 2 atom stereocenters. The second kappa shape index (κ2) is 5.38. The normalized spacial score (nSPS) is 28.0. The summed E-state index contributed by atoms with van der Waals surface area (Å²) < 4.78 is 5.80. The highest BCUT2D eigenvalue weighted by Gasteiger charge is 2.58. The third-order valence-corrected chi connectivity index (χ3v) is 4.97. The highest BCUT2D eigenvalue weighted by atomic mass is 16.5. The van der Waals surface area contributed by atoms with Crippen LogP contribution in [0.25, 0.3) is 0 Å². The lowest BCUT2D eigenvalue weighted by Gasteiger charge is -2.60. The smallest absolute Gasteiger partial charge is 0.0662 e. The summed E-state index contributed by atoms with van der Waals surface area (Å²) in [4.78, 5) is 2.26. The molecule has 0 saturated heterocycles. The second-order valence-electron chi connectivity index (χ2n) is 6.72. The van der Waals surface area contributed by atoms with Gasteiger partial charge in [0.15, 0.2) is 0 Å². The maximum absolute atomic E-state index is 6.66. The Morgan fingerprint density at radius 1 is 1.40 bits per heavy atom. The lowest BCUT2D eigenvalue weighted by Crippen LogP contribution is -2.73. The summed E-state index contributed by atoms with van der Waals surface area (Å²) in [5, 5.41) is 0. The standard InChI is InChI=1S/C17H28N2O/c1-6-20-15-11-17(18,16(15,3)4)12-19(5)14-9-7-8-13(2)10-14/h7-10,15H,6,11-12,18H2,1-5H3. The van der Waals surface area contributed by atoms with Crippen LogP contribution in [0.3, 0.4) is 0 Å². The Balaban J connectivity index is 2.07. The van der Waals surface area contributed by atoms with Gasteiger partial charge in [0.05, 0.1) is 6.10 Å². The van der Waals surface area contributed by atoms with Crippen molar-refractivity contribution in [1.29, 1.82) is 0 Å². The van der Waals surface area contributed by atoms with Crippen molar-refractivity contribution in [2.45, 2.75) is 45.8 Å². The minimum atomic E-state index is -0.189. The van der Waals surface area contributed by atoms with Crippen molar-refractivity contribution in [2.75, 3.05) is 25.1 Å². The molecule has 1 fully saturated rings. The molecule has 1 aromatic carbocycles. The highest BCUT2D eigenvalue weighted by molar-refractivity contribution is 5.48. The Morgan fingerprint density at radius 2 is 2.10 bits per heavy atom. The fourth-order valence-corrected chi connectivity index (χ4v) is 3.16. The van der Waals surface area contributed by atoms with Gasteiger partial charge < -0.3 is 15.4 Å². The van der Waals surface area contributed by atoms with Crippen LogP contribution in [0.15, 0.2) is 24.3 Å². The van der Waals surface area contributed by atoms with E-state index in [4.69, 9.17) is 10.5 Å². The topological polar surface area (TPSA) is 38.5 Å². The minimum absolute atomic E-state index is 0.0150. The first-order valence-corrected chi connectivity index (χ1v) is 7.48. The Bertz CT molecular complexity index is 472. The molecule has 20 heavy (non-hydrogen) atoms. The number of hydrogen-bond donors (Lipinski definition) is 1. The summed E-state index contributed by atoms with van der Waals surface area (Å²) in [5.41, 5.74) is 8.99. The Hall–Kier alpha value is -1.06. The van der Waals surface area contributed by atoms with Crippen molar-refractivity contribution >= 4 is 5.69 Å². The summed E-state index contributed by atoms with van der Waals surface area (Å²) in [6, 6.07) is 8.56. The molecule has 2 rings (SSSR count). The van der Waals surface area contributed by atoms with E-state index in [2.05, 4.69) is 57.0 Å². The number of nitrogens with zero attached hydrogens (tertiary/aromatic N) is 1. The van der Waals surface area contributed by atoms with Gasteiger partial charge in [-0.1, -0.05) is 26.0 Å². The average molecular weight is 276 g/mol. The molecule has 0 bridgehead atoms. The van der Waals surface area contributed by atoms with Gasteiger partial charge in [-0.25, -0.2) is 0 Å². The zero-order valence-electron chi connectivity index (χ0n) is 13.4. The van der Waals surface area contributed by atoms with Crippen LogP contribution < -0.4 is 10.6 Å². The van der Waals surface area contributed by atoms with Crippen LogP contribution in [-0.2, 0) is 4.74 Å². The van der Waals surface area contributed by atoms with Gasteiger partial charge in [0.2, 0.25) is 0 Å². The number of ether oxygens (including phenoxy) is 1. The van der Waals surface area contributed by atoms with Gasteiger partial charge in [-0.15, -0.1) is 0 Å². The van der Waals surface area contributed by atoms with Crippen molar-refractivity contribution in [2.24, 2.45) is 11.1 Å². The van der Waals surface area contributed by atoms with Gasteiger partial charge in [-0.05, 0) is 38.0 Å². The van der Waals surface area contributed by atoms with Crippen LogP contribution in [0.1, 0.15) is 32.8 Å². The molecule has 1 saturated carbocycles. The van der Waals surface area contributed by atoms with E-state index in [1.807, 2.05) is 6.92 Å². The molecule has 0 amide bonds. The van der Waals surface area contributed by atoms with Gasteiger partial charge >= 0.3 is 0 Å². The SMILES string of the molecule is CCOC1CC(N)(CN(C)c2cccc(C)c2)C1(C)C. The number of nitrogens with two attached hydrogens (primary N) is 1. The molecule has 0 heterocycles. The molecule has 0 aliphatic heterocycles. The van der Waals surface area contributed by atoms with E-state index in [0.29, 0.717) is 0 Å². The third-order valence-electron chi connectivity index (χ3n) is 4.97. The van der Waals surface area contributed by atoms with E-state index in [1.165, 1.54) is 11.3 Å². The maximum Gasteiger partial charge on any atom is 0.0662 e. The molecule has 1 aliphatic rings. The third kappa shape index (κ3) is 2.57. The number of rotatable bonds is 5. The molecule has 3 nitrogen and oxygen atoms in total. The predicted molar refractivity (Wildman–Crippen MR) is 85.2 cm³/mol. The molecule has 2 unspecified atom stereocenters. The molecule has 0 aromatic heterocycles. The van der Waals surface area contributed by atoms with E-state index in [0.717, 1.165) is 19.6 Å². The summed E-state index contributed by atoms with van der Waals surface area (Å²) >= 11 is 0. The monoisotopic (exact) mass is 276 g/mol. The van der Waals surface area contributed by atoms with E-state index in [1.54, 1.807) is 0 Å². The molecule has 1 aromatic rings. The second-order valence-corrected chi connectivity index (χ2v) is 6.72. The predicted octanol–water partition coefficient (Wildman–Crippen LogP) is 2.96. The molecule has 2 N–H and O–H groups in total. The van der Waals surface area contributed by atoms with Gasteiger partial charge in [0.1, 0.15) is 0 Å². The number of likely N-dealkylation sites (N-methyl/N-ethyl adjacent to an activating group) is 1. The van der Waals surface area contributed by atoms with Gasteiger partial charge in [-0.2, -0.15) is 0 Å².